The van der Waals surface area contributed by atoms with Gasteiger partial charge in [0.15, 0.2) is 0 Å². The summed E-state index contributed by atoms with van der Waals surface area (Å²) in [5.41, 5.74) is 5.12. The Kier molecular flexibility index (Phi) is 6.05. The third kappa shape index (κ3) is 4.23. The van der Waals surface area contributed by atoms with Crippen LogP contribution in [0, 0.1) is 0 Å². The highest BCUT2D eigenvalue weighted by Crippen LogP contribution is 2.15. The van der Waals surface area contributed by atoms with Crippen molar-refractivity contribution in [3.63, 3.8) is 0 Å². The molecular formula is C13H26N2O3. The van der Waals surface area contributed by atoms with E-state index in [4.69, 9.17) is 15.2 Å². The minimum Gasteiger partial charge on any atom is -0.465 e. The minimum absolute atomic E-state index is 0.314. The lowest BCUT2D eigenvalue weighted by molar-refractivity contribution is -0.149. The zero-order chi connectivity index (χ0) is 13.6. The Morgan fingerprint density at radius 2 is 2.28 bits per heavy atom. The van der Waals surface area contributed by atoms with Gasteiger partial charge in [-0.15, -0.1) is 0 Å². The van der Waals surface area contributed by atoms with Crippen LogP contribution in [0.15, 0.2) is 0 Å². The molecule has 0 bridgehead atoms. The summed E-state index contributed by atoms with van der Waals surface area (Å²) in [5.74, 6) is -0.314. The fraction of sp³-hybridized carbons (Fsp3) is 0.923. The van der Waals surface area contributed by atoms with Crippen LogP contribution >= 0.6 is 0 Å². The molecule has 0 radical (unpaired) electrons. The van der Waals surface area contributed by atoms with Gasteiger partial charge in [0.25, 0.3) is 0 Å². The van der Waals surface area contributed by atoms with Gasteiger partial charge in [0, 0.05) is 19.1 Å². The highest BCUT2D eigenvalue weighted by atomic mass is 16.5. The van der Waals surface area contributed by atoms with Crippen molar-refractivity contribution >= 4 is 5.97 Å². The molecular weight excluding hydrogens is 232 g/mol. The van der Waals surface area contributed by atoms with Crippen molar-refractivity contribution in [2.75, 3.05) is 32.9 Å². The molecule has 18 heavy (non-hydrogen) atoms. The molecule has 0 aromatic carbocycles. The number of carbonyl (C=O) groups excluding carboxylic acids is 1. The minimum atomic E-state index is -0.896. The molecule has 106 valence electrons. The molecule has 0 aromatic rings. The van der Waals surface area contributed by atoms with Gasteiger partial charge in [-0.2, -0.15) is 0 Å². The molecule has 0 aliphatic carbocycles. The van der Waals surface area contributed by atoms with E-state index in [1.807, 2.05) is 0 Å². The second-order valence-electron chi connectivity index (χ2n) is 5.06. The molecule has 1 rings (SSSR count). The van der Waals surface area contributed by atoms with Crippen molar-refractivity contribution in [3.05, 3.63) is 0 Å². The number of nitrogens with zero attached hydrogens (tertiary/aromatic N) is 1. The van der Waals surface area contributed by atoms with Crippen LogP contribution in [0.1, 0.15) is 33.6 Å². The maximum absolute atomic E-state index is 11.7. The zero-order valence-corrected chi connectivity index (χ0v) is 11.8. The molecule has 1 fully saturated rings. The molecule has 1 heterocycles. The van der Waals surface area contributed by atoms with Crippen molar-refractivity contribution in [2.24, 2.45) is 5.73 Å². The molecule has 2 unspecified atom stereocenters. The van der Waals surface area contributed by atoms with Crippen LogP contribution in [0.3, 0.4) is 0 Å². The average Bonchev–Trinajstić information content (AvgIpc) is 2.37. The Bertz CT molecular complexity index is 269. The predicted molar refractivity (Wildman–Crippen MR) is 70.3 cm³/mol. The van der Waals surface area contributed by atoms with Gasteiger partial charge in [0.05, 0.1) is 19.8 Å². The van der Waals surface area contributed by atoms with E-state index in [2.05, 4.69) is 11.8 Å². The number of carbonyl (C=O) groups is 1. The highest BCUT2D eigenvalue weighted by Gasteiger charge is 2.31. The van der Waals surface area contributed by atoms with E-state index in [0.717, 1.165) is 32.7 Å². The van der Waals surface area contributed by atoms with Crippen LogP contribution in [0.25, 0.3) is 0 Å². The first-order valence-electron chi connectivity index (χ1n) is 6.79. The number of nitrogens with two attached hydrogens (primary N) is 1. The molecule has 0 aromatic heterocycles. The zero-order valence-electron chi connectivity index (χ0n) is 11.8. The second-order valence-corrected chi connectivity index (χ2v) is 5.06. The van der Waals surface area contributed by atoms with Gasteiger partial charge in [-0.05, 0) is 26.7 Å². The van der Waals surface area contributed by atoms with Crippen LogP contribution in [0.5, 0.6) is 0 Å². The van der Waals surface area contributed by atoms with Gasteiger partial charge in [0.2, 0.25) is 0 Å². The van der Waals surface area contributed by atoms with Gasteiger partial charge in [0.1, 0.15) is 5.54 Å². The van der Waals surface area contributed by atoms with Gasteiger partial charge >= 0.3 is 5.97 Å². The van der Waals surface area contributed by atoms with Gasteiger partial charge < -0.3 is 15.2 Å². The standard InChI is InChI=1S/C13H26N2O3/c1-4-11-10-17-9-8-15(11)7-6-13(3,14)12(16)18-5-2/h11H,4-10,14H2,1-3H3. The van der Waals surface area contributed by atoms with Crippen molar-refractivity contribution in [2.45, 2.75) is 45.2 Å². The lowest BCUT2D eigenvalue weighted by Gasteiger charge is -2.36. The van der Waals surface area contributed by atoms with E-state index in [-0.39, 0.29) is 5.97 Å². The van der Waals surface area contributed by atoms with E-state index in [9.17, 15) is 4.79 Å². The van der Waals surface area contributed by atoms with Crippen molar-refractivity contribution in [3.8, 4) is 0 Å². The summed E-state index contributed by atoms with van der Waals surface area (Å²) in [6.45, 7) is 9.33. The number of hydrogen-bond acceptors (Lipinski definition) is 5. The first-order valence-corrected chi connectivity index (χ1v) is 6.79. The topological polar surface area (TPSA) is 64.8 Å². The van der Waals surface area contributed by atoms with E-state index >= 15 is 0 Å². The van der Waals surface area contributed by atoms with E-state index in [1.54, 1.807) is 13.8 Å². The van der Waals surface area contributed by atoms with Crippen LogP contribution in [-0.4, -0.2) is 55.4 Å². The maximum atomic E-state index is 11.7. The fourth-order valence-electron chi connectivity index (χ4n) is 2.13. The monoisotopic (exact) mass is 258 g/mol. The molecule has 1 aliphatic heterocycles. The van der Waals surface area contributed by atoms with Crippen LogP contribution in [-0.2, 0) is 14.3 Å². The first kappa shape index (κ1) is 15.4. The smallest absolute Gasteiger partial charge is 0.325 e. The van der Waals surface area contributed by atoms with Crippen molar-refractivity contribution < 1.29 is 14.3 Å². The molecule has 1 aliphatic rings. The third-order valence-corrected chi connectivity index (χ3v) is 3.48. The summed E-state index contributed by atoms with van der Waals surface area (Å²) >= 11 is 0. The average molecular weight is 258 g/mol. The van der Waals surface area contributed by atoms with E-state index < -0.39 is 5.54 Å². The molecule has 2 atom stereocenters. The van der Waals surface area contributed by atoms with Crippen LogP contribution in [0.2, 0.25) is 0 Å². The Hall–Kier alpha value is -0.650. The predicted octanol–water partition coefficient (Wildman–Crippen LogP) is 0.768. The van der Waals surface area contributed by atoms with Crippen LogP contribution < -0.4 is 5.73 Å². The van der Waals surface area contributed by atoms with Crippen molar-refractivity contribution in [1.29, 1.82) is 0 Å². The molecule has 0 amide bonds. The van der Waals surface area contributed by atoms with Crippen molar-refractivity contribution in [1.82, 2.24) is 4.90 Å². The normalized spacial score (nSPS) is 24.6. The Morgan fingerprint density at radius 1 is 1.56 bits per heavy atom. The van der Waals surface area contributed by atoms with Gasteiger partial charge in [-0.25, -0.2) is 0 Å². The summed E-state index contributed by atoms with van der Waals surface area (Å²) < 4.78 is 10.4. The van der Waals surface area contributed by atoms with E-state index in [0.29, 0.717) is 19.1 Å². The first-order chi connectivity index (χ1) is 8.51. The summed E-state index contributed by atoms with van der Waals surface area (Å²) in [5, 5.41) is 0. The molecule has 0 saturated carbocycles. The summed E-state index contributed by atoms with van der Waals surface area (Å²) in [6, 6.07) is 0.441. The molecule has 0 spiro atoms. The summed E-state index contributed by atoms with van der Waals surface area (Å²) in [7, 11) is 0. The van der Waals surface area contributed by atoms with Crippen LogP contribution in [0.4, 0.5) is 0 Å². The largest absolute Gasteiger partial charge is 0.465 e. The third-order valence-electron chi connectivity index (χ3n) is 3.48. The summed E-state index contributed by atoms with van der Waals surface area (Å²) in [6.07, 6.45) is 1.67. The SMILES string of the molecule is CCOC(=O)C(C)(N)CCN1CCOCC1CC. The molecule has 5 nitrogen and oxygen atoms in total. The summed E-state index contributed by atoms with van der Waals surface area (Å²) in [4.78, 5) is 14.1. The maximum Gasteiger partial charge on any atom is 0.325 e. The highest BCUT2D eigenvalue weighted by molar-refractivity contribution is 5.79. The Morgan fingerprint density at radius 3 is 2.89 bits per heavy atom. The number of esters is 1. The number of hydrogen-bond donors (Lipinski definition) is 1. The molecule has 1 saturated heterocycles. The Balaban J connectivity index is 2.44. The molecule has 2 N–H and O–H groups in total. The molecule has 5 heteroatoms. The number of rotatable bonds is 6. The number of morpholine rings is 1. The lowest BCUT2D eigenvalue weighted by atomic mass is 9.98. The second kappa shape index (κ2) is 7.07. The lowest BCUT2D eigenvalue weighted by Crippen LogP contribution is -2.51. The Labute approximate surface area is 110 Å². The number of ether oxygens (including phenoxy) is 2. The quantitative estimate of drug-likeness (QED) is 0.713. The fourth-order valence-corrected chi connectivity index (χ4v) is 2.13. The van der Waals surface area contributed by atoms with E-state index in [1.165, 1.54) is 0 Å². The van der Waals surface area contributed by atoms with Gasteiger partial charge in [-0.3, -0.25) is 9.69 Å². The van der Waals surface area contributed by atoms with Gasteiger partial charge in [-0.1, -0.05) is 6.92 Å².